The standard InChI is InChI=1S/C15H23FN4/c1-19(2)14-3-5-20(6-4-14)10-11-7-12(15(17)18)9-13(16)8-11/h7-9,14H,3-6,10H2,1-2H3,(H3,17,18). The second-order valence-corrected chi connectivity index (χ2v) is 5.73. The molecule has 0 amide bonds. The molecule has 0 bridgehead atoms. The quantitative estimate of drug-likeness (QED) is 0.650. The van der Waals surface area contributed by atoms with Crippen molar-refractivity contribution >= 4 is 5.84 Å². The van der Waals surface area contributed by atoms with Crippen LogP contribution in [0, 0.1) is 11.2 Å². The first-order valence-electron chi connectivity index (χ1n) is 6.98. The first-order chi connectivity index (χ1) is 9.45. The van der Waals surface area contributed by atoms with E-state index < -0.39 is 0 Å². The van der Waals surface area contributed by atoms with E-state index in [0.717, 1.165) is 38.0 Å². The topological polar surface area (TPSA) is 56.4 Å². The molecule has 0 atom stereocenters. The van der Waals surface area contributed by atoms with Gasteiger partial charge in [-0.05, 0) is 63.8 Å². The minimum atomic E-state index is -0.323. The zero-order valence-corrected chi connectivity index (χ0v) is 12.2. The van der Waals surface area contributed by atoms with Gasteiger partial charge in [0, 0.05) is 18.2 Å². The lowest BCUT2D eigenvalue weighted by Crippen LogP contribution is -2.41. The summed E-state index contributed by atoms with van der Waals surface area (Å²) in [4.78, 5) is 4.60. The van der Waals surface area contributed by atoms with E-state index in [-0.39, 0.29) is 11.7 Å². The van der Waals surface area contributed by atoms with Crippen LogP contribution in [-0.4, -0.2) is 48.9 Å². The van der Waals surface area contributed by atoms with Gasteiger partial charge >= 0.3 is 0 Å². The highest BCUT2D eigenvalue weighted by Gasteiger charge is 2.20. The number of nitrogens with zero attached hydrogens (tertiary/aromatic N) is 2. The third kappa shape index (κ3) is 3.77. The number of benzene rings is 1. The zero-order chi connectivity index (χ0) is 14.7. The molecule has 1 fully saturated rings. The molecule has 3 N–H and O–H groups in total. The molecule has 110 valence electrons. The van der Waals surface area contributed by atoms with Gasteiger partial charge in [0.25, 0.3) is 0 Å². The van der Waals surface area contributed by atoms with Crippen molar-refractivity contribution in [1.29, 1.82) is 5.41 Å². The van der Waals surface area contributed by atoms with Gasteiger partial charge in [-0.3, -0.25) is 10.3 Å². The zero-order valence-electron chi connectivity index (χ0n) is 12.2. The maximum Gasteiger partial charge on any atom is 0.124 e. The van der Waals surface area contributed by atoms with Crippen LogP contribution in [0.25, 0.3) is 0 Å². The molecule has 0 saturated carbocycles. The predicted molar refractivity (Wildman–Crippen MR) is 79.4 cm³/mol. The lowest BCUT2D eigenvalue weighted by Gasteiger charge is -2.35. The molecule has 4 nitrogen and oxygen atoms in total. The fourth-order valence-electron chi connectivity index (χ4n) is 2.75. The molecule has 0 spiro atoms. The molecule has 0 unspecified atom stereocenters. The molecule has 1 aliphatic heterocycles. The van der Waals surface area contributed by atoms with Crippen LogP contribution in [-0.2, 0) is 6.54 Å². The molecule has 1 heterocycles. The van der Waals surface area contributed by atoms with E-state index in [1.165, 1.54) is 12.1 Å². The van der Waals surface area contributed by atoms with Crippen molar-refractivity contribution in [3.8, 4) is 0 Å². The Morgan fingerprint density at radius 1 is 1.35 bits per heavy atom. The first-order valence-corrected chi connectivity index (χ1v) is 6.98. The van der Waals surface area contributed by atoms with Crippen LogP contribution in [0.3, 0.4) is 0 Å². The van der Waals surface area contributed by atoms with Crippen molar-refractivity contribution in [1.82, 2.24) is 9.80 Å². The van der Waals surface area contributed by atoms with Gasteiger partial charge in [-0.2, -0.15) is 0 Å². The number of hydrogen-bond acceptors (Lipinski definition) is 3. The number of amidine groups is 1. The van der Waals surface area contributed by atoms with Crippen LogP contribution >= 0.6 is 0 Å². The normalized spacial score (nSPS) is 17.6. The predicted octanol–water partition coefficient (Wildman–Crippen LogP) is 1.64. The lowest BCUT2D eigenvalue weighted by molar-refractivity contribution is 0.140. The third-order valence-electron chi connectivity index (χ3n) is 3.96. The molecule has 5 heteroatoms. The molecule has 1 aromatic carbocycles. The fraction of sp³-hybridized carbons (Fsp3) is 0.533. The van der Waals surface area contributed by atoms with Crippen LogP contribution in [0.4, 0.5) is 4.39 Å². The van der Waals surface area contributed by atoms with Gasteiger partial charge in [-0.15, -0.1) is 0 Å². The second kappa shape index (κ2) is 6.33. The highest BCUT2D eigenvalue weighted by molar-refractivity contribution is 5.95. The Morgan fingerprint density at radius 2 is 2.00 bits per heavy atom. The van der Waals surface area contributed by atoms with Gasteiger partial charge in [0.2, 0.25) is 0 Å². The smallest absolute Gasteiger partial charge is 0.124 e. The summed E-state index contributed by atoms with van der Waals surface area (Å²) in [6.07, 6.45) is 2.28. The molecule has 20 heavy (non-hydrogen) atoms. The van der Waals surface area contributed by atoms with Crippen molar-refractivity contribution in [2.45, 2.75) is 25.4 Å². The SMILES string of the molecule is CN(C)C1CCN(Cc2cc(F)cc(C(=N)N)c2)CC1. The van der Waals surface area contributed by atoms with Crippen LogP contribution in [0.1, 0.15) is 24.0 Å². The second-order valence-electron chi connectivity index (χ2n) is 5.73. The Bertz CT molecular complexity index is 479. The molecule has 1 aliphatic rings. The summed E-state index contributed by atoms with van der Waals surface area (Å²) in [5, 5.41) is 7.41. The fourth-order valence-corrected chi connectivity index (χ4v) is 2.75. The van der Waals surface area contributed by atoms with Crippen molar-refractivity contribution < 1.29 is 4.39 Å². The van der Waals surface area contributed by atoms with Crippen LogP contribution < -0.4 is 5.73 Å². The molecule has 1 saturated heterocycles. The number of halogens is 1. The Balaban J connectivity index is 1.99. The Labute approximate surface area is 119 Å². The van der Waals surface area contributed by atoms with Crippen molar-refractivity contribution in [2.75, 3.05) is 27.2 Å². The number of piperidine rings is 1. The summed E-state index contributed by atoms with van der Waals surface area (Å²) in [7, 11) is 4.23. The highest BCUT2D eigenvalue weighted by Crippen LogP contribution is 2.18. The summed E-state index contributed by atoms with van der Waals surface area (Å²) in [6, 6.07) is 5.30. The molecule has 0 aliphatic carbocycles. The molecule has 0 radical (unpaired) electrons. The van der Waals surface area contributed by atoms with Crippen molar-refractivity contribution in [3.63, 3.8) is 0 Å². The first kappa shape index (κ1) is 14.9. The third-order valence-corrected chi connectivity index (χ3v) is 3.96. The van der Waals surface area contributed by atoms with Crippen molar-refractivity contribution in [3.05, 3.63) is 35.1 Å². The Morgan fingerprint density at radius 3 is 2.55 bits per heavy atom. The largest absolute Gasteiger partial charge is 0.384 e. The lowest BCUT2D eigenvalue weighted by atomic mass is 10.0. The molecule has 0 aromatic heterocycles. The van der Waals surface area contributed by atoms with Gasteiger partial charge in [0.05, 0.1) is 0 Å². The molecular weight excluding hydrogens is 255 g/mol. The van der Waals surface area contributed by atoms with Crippen LogP contribution in [0.15, 0.2) is 18.2 Å². The number of nitrogens with two attached hydrogens (primary N) is 1. The van der Waals surface area contributed by atoms with Crippen LogP contribution in [0.5, 0.6) is 0 Å². The van der Waals surface area contributed by atoms with E-state index in [4.69, 9.17) is 11.1 Å². The summed E-state index contributed by atoms with van der Waals surface area (Å²) in [5.41, 5.74) is 6.78. The van der Waals surface area contributed by atoms with Gasteiger partial charge in [0.15, 0.2) is 0 Å². The molecule has 2 rings (SSSR count). The number of rotatable bonds is 4. The van der Waals surface area contributed by atoms with E-state index in [2.05, 4.69) is 23.9 Å². The van der Waals surface area contributed by atoms with Gasteiger partial charge in [-0.25, -0.2) is 4.39 Å². The maximum atomic E-state index is 13.5. The summed E-state index contributed by atoms with van der Waals surface area (Å²) in [6.45, 7) is 2.77. The number of hydrogen-bond donors (Lipinski definition) is 2. The van der Waals surface area contributed by atoms with E-state index in [1.807, 2.05) is 6.07 Å². The van der Waals surface area contributed by atoms with E-state index >= 15 is 0 Å². The minimum absolute atomic E-state index is 0.0861. The Kier molecular flexibility index (Phi) is 4.73. The van der Waals surface area contributed by atoms with Gasteiger partial charge in [-0.1, -0.05) is 0 Å². The van der Waals surface area contributed by atoms with E-state index in [1.54, 1.807) is 0 Å². The number of nitrogens with one attached hydrogen (secondary N) is 1. The molecule has 1 aromatic rings. The summed E-state index contributed by atoms with van der Waals surface area (Å²) < 4.78 is 13.5. The van der Waals surface area contributed by atoms with Gasteiger partial charge < -0.3 is 10.6 Å². The number of likely N-dealkylation sites (tertiary alicyclic amines) is 1. The minimum Gasteiger partial charge on any atom is -0.384 e. The van der Waals surface area contributed by atoms with Crippen LogP contribution in [0.2, 0.25) is 0 Å². The Hall–Kier alpha value is -1.46. The average Bonchev–Trinajstić information content (AvgIpc) is 2.38. The summed E-state index contributed by atoms with van der Waals surface area (Å²) >= 11 is 0. The maximum absolute atomic E-state index is 13.5. The van der Waals surface area contributed by atoms with Gasteiger partial charge in [0.1, 0.15) is 11.7 Å². The van der Waals surface area contributed by atoms with E-state index in [0.29, 0.717) is 11.6 Å². The number of nitrogen functional groups attached to an aromatic ring is 1. The van der Waals surface area contributed by atoms with Crippen molar-refractivity contribution in [2.24, 2.45) is 5.73 Å². The monoisotopic (exact) mass is 278 g/mol. The summed E-state index contributed by atoms with van der Waals surface area (Å²) in [5.74, 6) is -0.409. The average molecular weight is 278 g/mol. The highest BCUT2D eigenvalue weighted by atomic mass is 19.1. The van der Waals surface area contributed by atoms with E-state index in [9.17, 15) is 4.39 Å². The molecular formula is C15H23FN4.